The quantitative estimate of drug-likeness (QED) is 0.896. The van der Waals surface area contributed by atoms with E-state index in [0.29, 0.717) is 22.3 Å². The number of nitrogens with two attached hydrogens (primary N) is 1. The number of hydrogen-bond acceptors (Lipinski definition) is 4. The zero-order valence-electron chi connectivity index (χ0n) is 9.58. The number of aromatic nitrogens is 1. The van der Waals surface area contributed by atoms with Crippen molar-refractivity contribution in [3.63, 3.8) is 0 Å². The molecule has 0 saturated carbocycles. The van der Waals surface area contributed by atoms with Crippen LogP contribution in [-0.4, -0.2) is 12.1 Å². The molecule has 0 fully saturated rings. The number of nitrogens with zero attached hydrogens (tertiary/aromatic N) is 1. The van der Waals surface area contributed by atoms with Crippen molar-refractivity contribution in [3.05, 3.63) is 41.3 Å². The van der Waals surface area contributed by atoms with Gasteiger partial charge in [-0.3, -0.25) is 0 Å². The third-order valence-corrected chi connectivity index (χ3v) is 2.52. The number of anilines is 3. The normalized spacial score (nSPS) is 10.2. The second kappa shape index (κ2) is 5.10. The maximum Gasteiger partial charge on any atom is 0.153 e. The summed E-state index contributed by atoms with van der Waals surface area (Å²) in [5, 5.41) is 3.21. The second-order valence-electron chi connectivity index (χ2n) is 3.56. The van der Waals surface area contributed by atoms with E-state index in [-0.39, 0.29) is 5.69 Å². The molecule has 18 heavy (non-hydrogen) atoms. The fourth-order valence-corrected chi connectivity index (χ4v) is 1.58. The number of nitrogens with one attached hydrogen (secondary N) is 1. The van der Waals surface area contributed by atoms with Crippen molar-refractivity contribution in [2.75, 3.05) is 18.2 Å². The molecular formula is C12H11ClFN3O. The lowest BCUT2D eigenvalue weighted by molar-refractivity contribution is 0.414. The lowest BCUT2D eigenvalue weighted by Crippen LogP contribution is -2.01. The minimum atomic E-state index is -0.424. The van der Waals surface area contributed by atoms with Gasteiger partial charge in [0.1, 0.15) is 11.6 Å². The Labute approximate surface area is 109 Å². The summed E-state index contributed by atoms with van der Waals surface area (Å²) in [5.74, 6) is 0.449. The van der Waals surface area contributed by atoms with Gasteiger partial charge in [-0.15, -0.1) is 0 Å². The van der Waals surface area contributed by atoms with Gasteiger partial charge in [0.15, 0.2) is 5.82 Å². The van der Waals surface area contributed by atoms with Crippen LogP contribution >= 0.6 is 11.6 Å². The van der Waals surface area contributed by atoms with Crippen LogP contribution in [0.4, 0.5) is 21.6 Å². The van der Waals surface area contributed by atoms with E-state index in [1.165, 1.54) is 37.6 Å². The number of hydrogen-bond donors (Lipinski definition) is 2. The summed E-state index contributed by atoms with van der Waals surface area (Å²) >= 11 is 5.73. The van der Waals surface area contributed by atoms with Crippen molar-refractivity contribution in [2.24, 2.45) is 0 Å². The SMILES string of the molecule is COc1ccc(F)c(Nc2ncc(Cl)cc2N)c1. The first-order valence-electron chi connectivity index (χ1n) is 5.11. The molecule has 0 unspecified atom stereocenters. The molecule has 0 aliphatic rings. The Morgan fingerprint density at radius 1 is 1.39 bits per heavy atom. The van der Waals surface area contributed by atoms with E-state index in [1.54, 1.807) is 0 Å². The number of ether oxygens (including phenoxy) is 1. The summed E-state index contributed by atoms with van der Waals surface area (Å²) in [6, 6.07) is 5.88. The molecule has 2 aromatic rings. The molecule has 0 aliphatic heterocycles. The molecule has 0 bridgehead atoms. The maximum absolute atomic E-state index is 13.6. The van der Waals surface area contributed by atoms with Gasteiger partial charge in [-0.2, -0.15) is 0 Å². The van der Waals surface area contributed by atoms with Crippen LogP contribution in [0.25, 0.3) is 0 Å². The predicted molar refractivity (Wildman–Crippen MR) is 69.9 cm³/mol. The van der Waals surface area contributed by atoms with Gasteiger partial charge in [0.2, 0.25) is 0 Å². The molecule has 6 heteroatoms. The highest BCUT2D eigenvalue weighted by atomic mass is 35.5. The van der Waals surface area contributed by atoms with Crippen LogP contribution in [0.3, 0.4) is 0 Å². The van der Waals surface area contributed by atoms with Crippen molar-refractivity contribution in [2.45, 2.75) is 0 Å². The number of rotatable bonds is 3. The number of pyridine rings is 1. The molecule has 94 valence electrons. The smallest absolute Gasteiger partial charge is 0.153 e. The minimum absolute atomic E-state index is 0.232. The van der Waals surface area contributed by atoms with E-state index in [0.717, 1.165) is 0 Å². The highest BCUT2D eigenvalue weighted by Gasteiger charge is 2.07. The Morgan fingerprint density at radius 2 is 2.17 bits per heavy atom. The van der Waals surface area contributed by atoms with E-state index in [2.05, 4.69) is 10.3 Å². The Hall–Kier alpha value is -2.01. The highest BCUT2D eigenvalue weighted by molar-refractivity contribution is 6.30. The van der Waals surface area contributed by atoms with Crippen molar-refractivity contribution >= 4 is 28.8 Å². The van der Waals surface area contributed by atoms with Gasteiger partial charge in [-0.25, -0.2) is 9.37 Å². The Morgan fingerprint density at radius 3 is 2.83 bits per heavy atom. The number of nitrogen functional groups attached to an aromatic ring is 1. The molecule has 0 aliphatic carbocycles. The summed E-state index contributed by atoms with van der Waals surface area (Å²) in [5.41, 5.74) is 6.30. The lowest BCUT2D eigenvalue weighted by atomic mass is 10.2. The summed E-state index contributed by atoms with van der Waals surface area (Å²) in [6.07, 6.45) is 1.43. The van der Waals surface area contributed by atoms with Gasteiger partial charge in [0, 0.05) is 12.3 Å². The van der Waals surface area contributed by atoms with E-state index < -0.39 is 5.82 Å². The van der Waals surface area contributed by atoms with E-state index in [1.807, 2.05) is 0 Å². The van der Waals surface area contributed by atoms with E-state index >= 15 is 0 Å². The molecule has 0 saturated heterocycles. The maximum atomic E-state index is 13.6. The third kappa shape index (κ3) is 2.62. The number of methoxy groups -OCH3 is 1. The molecule has 1 aromatic heterocycles. The van der Waals surface area contributed by atoms with Crippen LogP contribution in [-0.2, 0) is 0 Å². The monoisotopic (exact) mass is 267 g/mol. The van der Waals surface area contributed by atoms with Gasteiger partial charge in [-0.05, 0) is 18.2 Å². The van der Waals surface area contributed by atoms with Crippen molar-refractivity contribution < 1.29 is 9.13 Å². The lowest BCUT2D eigenvalue weighted by Gasteiger charge is -2.10. The van der Waals surface area contributed by atoms with Gasteiger partial charge in [0.25, 0.3) is 0 Å². The van der Waals surface area contributed by atoms with Crippen LogP contribution in [0.15, 0.2) is 30.5 Å². The summed E-state index contributed by atoms with van der Waals surface area (Å²) in [7, 11) is 1.51. The molecule has 0 atom stereocenters. The standard InChI is InChI=1S/C12H11ClFN3O/c1-18-8-2-3-9(14)11(5-8)17-12-10(15)4-7(13)6-16-12/h2-6H,15H2,1H3,(H,16,17). The van der Waals surface area contributed by atoms with Crippen LogP contribution in [0.1, 0.15) is 0 Å². The Balaban J connectivity index is 2.33. The first kappa shape index (κ1) is 12.4. The molecule has 0 amide bonds. The first-order valence-corrected chi connectivity index (χ1v) is 5.49. The fraction of sp³-hybridized carbons (Fsp3) is 0.0833. The van der Waals surface area contributed by atoms with E-state index in [4.69, 9.17) is 22.1 Å². The molecule has 3 N–H and O–H groups in total. The average molecular weight is 268 g/mol. The van der Waals surface area contributed by atoms with Crippen LogP contribution in [0.2, 0.25) is 5.02 Å². The van der Waals surface area contributed by atoms with Crippen molar-refractivity contribution in [1.29, 1.82) is 0 Å². The predicted octanol–water partition coefficient (Wildman–Crippen LogP) is 3.21. The van der Waals surface area contributed by atoms with Gasteiger partial charge < -0.3 is 15.8 Å². The summed E-state index contributed by atoms with van der Waals surface area (Å²) < 4.78 is 18.6. The van der Waals surface area contributed by atoms with Crippen molar-refractivity contribution in [1.82, 2.24) is 4.98 Å². The molecule has 4 nitrogen and oxygen atoms in total. The third-order valence-electron chi connectivity index (χ3n) is 2.31. The zero-order chi connectivity index (χ0) is 13.1. The second-order valence-corrected chi connectivity index (χ2v) is 4.00. The Bertz CT molecular complexity index is 577. The fourth-order valence-electron chi connectivity index (χ4n) is 1.41. The summed E-state index contributed by atoms with van der Waals surface area (Å²) in [6.45, 7) is 0. The van der Waals surface area contributed by atoms with Gasteiger partial charge >= 0.3 is 0 Å². The van der Waals surface area contributed by atoms with Crippen LogP contribution in [0, 0.1) is 5.82 Å². The van der Waals surface area contributed by atoms with E-state index in [9.17, 15) is 4.39 Å². The van der Waals surface area contributed by atoms with Crippen LogP contribution < -0.4 is 15.8 Å². The molecular weight excluding hydrogens is 257 g/mol. The van der Waals surface area contributed by atoms with Crippen LogP contribution in [0.5, 0.6) is 5.75 Å². The topological polar surface area (TPSA) is 60.2 Å². The molecule has 0 spiro atoms. The molecule has 2 rings (SSSR count). The molecule has 1 aromatic carbocycles. The first-order chi connectivity index (χ1) is 8.60. The summed E-state index contributed by atoms with van der Waals surface area (Å²) in [4.78, 5) is 3.99. The Kier molecular flexibility index (Phi) is 3.53. The molecule has 1 heterocycles. The largest absolute Gasteiger partial charge is 0.497 e. The van der Waals surface area contributed by atoms with Gasteiger partial charge in [0.05, 0.1) is 23.5 Å². The average Bonchev–Trinajstić information content (AvgIpc) is 2.35. The number of halogens is 2. The highest BCUT2D eigenvalue weighted by Crippen LogP contribution is 2.27. The minimum Gasteiger partial charge on any atom is -0.497 e. The number of benzene rings is 1. The zero-order valence-corrected chi connectivity index (χ0v) is 10.3. The molecule has 0 radical (unpaired) electrons. The van der Waals surface area contributed by atoms with Gasteiger partial charge in [-0.1, -0.05) is 11.6 Å². The van der Waals surface area contributed by atoms with Crippen molar-refractivity contribution in [3.8, 4) is 5.75 Å².